The van der Waals surface area contributed by atoms with E-state index < -0.39 is 0 Å². The van der Waals surface area contributed by atoms with Gasteiger partial charge in [-0.2, -0.15) is 0 Å². The number of carbonyl (C=O) groups is 1. The standard InChI is InChI=1S/C19H17Cl2N3O2/c20-15-4-5-16(24-18(25)6-8-22)19(21)14(15)11-26-17-3-1-2-12-10-23-9-7-13(12)17/h1-5,7,9-10H,6,8,11,22H2,(H,24,25). The summed E-state index contributed by atoms with van der Waals surface area (Å²) < 4.78 is 5.95. The van der Waals surface area contributed by atoms with Gasteiger partial charge >= 0.3 is 0 Å². The first-order valence-electron chi connectivity index (χ1n) is 8.02. The van der Waals surface area contributed by atoms with Crippen molar-refractivity contribution in [3.63, 3.8) is 0 Å². The molecule has 26 heavy (non-hydrogen) atoms. The van der Waals surface area contributed by atoms with Crippen LogP contribution in [0.25, 0.3) is 10.8 Å². The van der Waals surface area contributed by atoms with Crippen molar-refractivity contribution in [2.45, 2.75) is 13.0 Å². The third-order valence-electron chi connectivity index (χ3n) is 3.84. The molecule has 3 rings (SSSR count). The second-order valence-electron chi connectivity index (χ2n) is 5.62. The topological polar surface area (TPSA) is 77.2 Å². The molecule has 0 aliphatic heterocycles. The Morgan fingerprint density at radius 2 is 2.04 bits per heavy atom. The lowest BCUT2D eigenvalue weighted by molar-refractivity contribution is -0.116. The smallest absolute Gasteiger partial charge is 0.225 e. The first-order valence-corrected chi connectivity index (χ1v) is 8.78. The summed E-state index contributed by atoms with van der Waals surface area (Å²) in [5.74, 6) is 0.500. The number of fused-ring (bicyclic) bond motifs is 1. The zero-order chi connectivity index (χ0) is 18.5. The Balaban J connectivity index is 1.84. The van der Waals surface area contributed by atoms with Crippen LogP contribution in [0.1, 0.15) is 12.0 Å². The Kier molecular flexibility index (Phi) is 5.93. The maximum atomic E-state index is 11.8. The van der Waals surface area contributed by atoms with Crippen molar-refractivity contribution < 1.29 is 9.53 Å². The van der Waals surface area contributed by atoms with Crippen LogP contribution in [0.2, 0.25) is 10.0 Å². The van der Waals surface area contributed by atoms with Crippen LogP contribution in [0.4, 0.5) is 5.69 Å². The van der Waals surface area contributed by atoms with E-state index in [1.54, 1.807) is 24.5 Å². The number of nitrogens with one attached hydrogen (secondary N) is 1. The number of nitrogens with zero attached hydrogens (tertiary/aromatic N) is 1. The summed E-state index contributed by atoms with van der Waals surface area (Å²) in [5, 5.41) is 5.47. The predicted molar refractivity (Wildman–Crippen MR) is 105 cm³/mol. The molecular formula is C19H17Cl2N3O2. The molecule has 7 heteroatoms. The summed E-state index contributed by atoms with van der Waals surface area (Å²) in [6.07, 6.45) is 3.70. The van der Waals surface area contributed by atoms with E-state index in [-0.39, 0.29) is 25.5 Å². The number of hydrogen-bond acceptors (Lipinski definition) is 4. The van der Waals surface area contributed by atoms with Gasteiger partial charge in [0.1, 0.15) is 12.4 Å². The van der Waals surface area contributed by atoms with Gasteiger partial charge < -0.3 is 15.8 Å². The fourth-order valence-electron chi connectivity index (χ4n) is 2.54. The van der Waals surface area contributed by atoms with Gasteiger partial charge in [-0.15, -0.1) is 0 Å². The second-order valence-corrected chi connectivity index (χ2v) is 6.40. The van der Waals surface area contributed by atoms with Gasteiger partial charge in [-0.05, 0) is 24.3 Å². The van der Waals surface area contributed by atoms with Crippen molar-refractivity contribution in [1.29, 1.82) is 0 Å². The number of hydrogen-bond donors (Lipinski definition) is 2. The van der Waals surface area contributed by atoms with Gasteiger partial charge in [-0.3, -0.25) is 9.78 Å². The lowest BCUT2D eigenvalue weighted by atomic mass is 10.1. The summed E-state index contributed by atoms with van der Waals surface area (Å²) in [7, 11) is 0. The van der Waals surface area contributed by atoms with Crippen molar-refractivity contribution in [2.75, 3.05) is 11.9 Å². The van der Waals surface area contributed by atoms with Gasteiger partial charge in [0.15, 0.2) is 0 Å². The number of carbonyl (C=O) groups excluding carboxylic acids is 1. The molecular weight excluding hydrogens is 373 g/mol. The average molecular weight is 390 g/mol. The van der Waals surface area contributed by atoms with Crippen LogP contribution < -0.4 is 15.8 Å². The molecule has 1 amide bonds. The summed E-state index contributed by atoms with van der Waals surface area (Å²) in [5.41, 5.74) is 6.48. The van der Waals surface area contributed by atoms with E-state index in [4.69, 9.17) is 33.7 Å². The number of benzene rings is 2. The second kappa shape index (κ2) is 8.36. The molecule has 1 aromatic heterocycles. The molecule has 0 atom stereocenters. The van der Waals surface area contributed by atoms with E-state index >= 15 is 0 Å². The average Bonchev–Trinajstić information content (AvgIpc) is 2.64. The highest BCUT2D eigenvalue weighted by molar-refractivity contribution is 6.38. The number of ether oxygens (including phenoxy) is 1. The molecule has 0 aliphatic carbocycles. The largest absolute Gasteiger partial charge is 0.488 e. The van der Waals surface area contributed by atoms with Crippen molar-refractivity contribution in [3.05, 3.63) is 64.4 Å². The number of rotatable bonds is 6. The van der Waals surface area contributed by atoms with E-state index in [2.05, 4.69) is 10.3 Å². The summed E-state index contributed by atoms with van der Waals surface area (Å²) in [6.45, 7) is 0.433. The SMILES string of the molecule is NCCC(=O)Nc1ccc(Cl)c(COc2cccc3cnccc23)c1Cl. The lowest BCUT2D eigenvalue weighted by Crippen LogP contribution is -2.16. The minimum atomic E-state index is -0.204. The molecule has 0 saturated heterocycles. The molecule has 1 heterocycles. The first kappa shape index (κ1) is 18.5. The fraction of sp³-hybridized carbons (Fsp3) is 0.158. The highest BCUT2D eigenvalue weighted by Crippen LogP contribution is 2.33. The van der Waals surface area contributed by atoms with E-state index in [9.17, 15) is 4.79 Å². The van der Waals surface area contributed by atoms with E-state index in [1.807, 2.05) is 24.3 Å². The number of halogens is 2. The summed E-state index contributed by atoms with van der Waals surface area (Å²) in [4.78, 5) is 15.9. The van der Waals surface area contributed by atoms with Crippen LogP contribution in [0, 0.1) is 0 Å². The van der Waals surface area contributed by atoms with Crippen LogP contribution in [0.3, 0.4) is 0 Å². The van der Waals surface area contributed by atoms with Crippen LogP contribution in [0.15, 0.2) is 48.8 Å². The van der Waals surface area contributed by atoms with Crippen molar-refractivity contribution in [1.82, 2.24) is 4.98 Å². The minimum Gasteiger partial charge on any atom is -0.488 e. The van der Waals surface area contributed by atoms with Crippen LogP contribution in [-0.4, -0.2) is 17.4 Å². The van der Waals surface area contributed by atoms with Crippen molar-refractivity contribution in [3.8, 4) is 5.75 Å². The summed E-state index contributed by atoms with van der Waals surface area (Å²) in [6, 6.07) is 11.0. The lowest BCUT2D eigenvalue weighted by Gasteiger charge is -2.14. The quantitative estimate of drug-likeness (QED) is 0.654. The van der Waals surface area contributed by atoms with Gasteiger partial charge in [0.05, 0.1) is 10.7 Å². The highest BCUT2D eigenvalue weighted by atomic mass is 35.5. The molecule has 0 bridgehead atoms. The monoisotopic (exact) mass is 389 g/mol. The molecule has 3 N–H and O–H groups in total. The molecule has 0 saturated carbocycles. The van der Waals surface area contributed by atoms with Gasteiger partial charge in [-0.25, -0.2) is 0 Å². The predicted octanol–water partition coefficient (Wildman–Crippen LogP) is 4.41. The number of nitrogens with two attached hydrogens (primary N) is 1. The third kappa shape index (κ3) is 4.07. The molecule has 0 aliphatic rings. The number of pyridine rings is 1. The number of amides is 1. The normalized spacial score (nSPS) is 10.7. The molecule has 0 spiro atoms. The van der Waals surface area contributed by atoms with E-state index in [0.717, 1.165) is 10.8 Å². The van der Waals surface area contributed by atoms with Gasteiger partial charge in [-0.1, -0.05) is 35.3 Å². The van der Waals surface area contributed by atoms with Gasteiger partial charge in [0, 0.05) is 46.7 Å². The maximum absolute atomic E-state index is 11.8. The van der Waals surface area contributed by atoms with Crippen LogP contribution in [-0.2, 0) is 11.4 Å². The maximum Gasteiger partial charge on any atom is 0.225 e. The highest BCUT2D eigenvalue weighted by Gasteiger charge is 2.14. The van der Waals surface area contributed by atoms with Crippen LogP contribution >= 0.6 is 23.2 Å². The van der Waals surface area contributed by atoms with E-state index in [1.165, 1.54) is 0 Å². The van der Waals surface area contributed by atoms with Crippen molar-refractivity contribution in [2.24, 2.45) is 5.73 Å². The number of anilines is 1. The van der Waals surface area contributed by atoms with Gasteiger partial charge in [0.2, 0.25) is 5.91 Å². The number of aromatic nitrogens is 1. The molecule has 2 aromatic carbocycles. The van der Waals surface area contributed by atoms with E-state index in [0.29, 0.717) is 27.0 Å². The van der Waals surface area contributed by atoms with Gasteiger partial charge in [0.25, 0.3) is 0 Å². The van der Waals surface area contributed by atoms with Crippen molar-refractivity contribution >= 4 is 45.6 Å². The molecule has 0 radical (unpaired) electrons. The summed E-state index contributed by atoms with van der Waals surface area (Å²) >= 11 is 12.7. The molecule has 134 valence electrons. The molecule has 3 aromatic rings. The molecule has 5 nitrogen and oxygen atoms in total. The molecule has 0 unspecified atom stereocenters. The Bertz CT molecular complexity index is 942. The molecule has 0 fully saturated rings. The Morgan fingerprint density at radius 3 is 2.85 bits per heavy atom. The Morgan fingerprint density at radius 1 is 1.19 bits per heavy atom. The van der Waals surface area contributed by atoms with Crippen LogP contribution in [0.5, 0.6) is 5.75 Å². The first-order chi connectivity index (χ1) is 12.6. The zero-order valence-electron chi connectivity index (χ0n) is 13.8. The zero-order valence-corrected chi connectivity index (χ0v) is 15.3. The Hall–Kier alpha value is -2.34. The fourth-order valence-corrected chi connectivity index (χ4v) is 3.07. The third-order valence-corrected chi connectivity index (χ3v) is 4.63. The Labute approximate surface area is 161 Å². The minimum absolute atomic E-state index is 0.166.